The van der Waals surface area contributed by atoms with Crippen LogP contribution in [0.2, 0.25) is 0 Å². The lowest BCUT2D eigenvalue weighted by Crippen LogP contribution is -2.32. The van der Waals surface area contributed by atoms with Crippen LogP contribution in [0.25, 0.3) is 10.4 Å². The molecule has 0 aliphatic rings. The average Bonchev–Trinajstić information content (AvgIpc) is 3.40. The van der Waals surface area contributed by atoms with Gasteiger partial charge in [-0.15, -0.1) is 11.3 Å². The number of urea groups is 1. The van der Waals surface area contributed by atoms with Crippen molar-refractivity contribution in [3.8, 4) is 10.4 Å². The van der Waals surface area contributed by atoms with Gasteiger partial charge in [0.05, 0.1) is 31.0 Å². The van der Waals surface area contributed by atoms with E-state index in [0.29, 0.717) is 34.8 Å². The number of carbonyl (C=O) groups is 3. The second kappa shape index (κ2) is 16.6. The van der Waals surface area contributed by atoms with Crippen LogP contribution in [0.4, 0.5) is 29.1 Å². The Morgan fingerprint density at radius 1 is 0.851 bits per heavy atom. The Bertz CT molecular complexity index is 1660. The van der Waals surface area contributed by atoms with Crippen molar-refractivity contribution >= 4 is 40.1 Å². The molecule has 3 amide bonds. The fourth-order valence-electron chi connectivity index (χ4n) is 4.84. The van der Waals surface area contributed by atoms with E-state index in [0.717, 1.165) is 34.1 Å². The van der Waals surface area contributed by atoms with E-state index >= 15 is 0 Å². The van der Waals surface area contributed by atoms with Gasteiger partial charge in [0.1, 0.15) is 16.6 Å². The molecule has 2 N–H and O–H groups in total. The number of nitrogens with zero attached hydrogens (tertiary/aromatic N) is 3. The first-order chi connectivity index (χ1) is 22.7. The van der Waals surface area contributed by atoms with Gasteiger partial charge in [0.2, 0.25) is 0 Å². The largest absolute Gasteiger partial charge is 0.462 e. The molecule has 0 aliphatic heterocycles. The quantitative estimate of drug-likeness (QED) is 0.145. The Morgan fingerprint density at radius 2 is 1.55 bits per heavy atom. The van der Waals surface area contributed by atoms with E-state index in [4.69, 9.17) is 9.47 Å². The second-order valence-corrected chi connectivity index (χ2v) is 11.3. The first-order valence-electron chi connectivity index (χ1n) is 15.1. The van der Waals surface area contributed by atoms with Crippen molar-refractivity contribution in [3.63, 3.8) is 0 Å². The third-order valence-corrected chi connectivity index (χ3v) is 8.21. The number of carbonyl (C=O) groups excluding carboxylic acids is 3. The lowest BCUT2D eigenvalue weighted by atomic mass is 10.0. The van der Waals surface area contributed by atoms with Crippen molar-refractivity contribution < 1.29 is 32.6 Å². The second-order valence-electron chi connectivity index (χ2n) is 10.4. The number of halogens is 2. The molecule has 0 saturated carbocycles. The van der Waals surface area contributed by atoms with E-state index in [9.17, 15) is 23.2 Å². The predicted molar refractivity (Wildman–Crippen MR) is 177 cm³/mol. The first kappa shape index (κ1) is 35.0. The minimum Gasteiger partial charge on any atom is -0.462 e. The fraction of sp³-hybridized carbons (Fsp3) is 0.294. The highest BCUT2D eigenvalue weighted by molar-refractivity contribution is 7.20. The van der Waals surface area contributed by atoms with Gasteiger partial charge in [0.15, 0.2) is 0 Å². The summed E-state index contributed by atoms with van der Waals surface area (Å²) in [5.41, 5.74) is 2.27. The molecule has 4 aromatic rings. The van der Waals surface area contributed by atoms with Crippen LogP contribution < -0.4 is 15.5 Å². The minimum absolute atomic E-state index is 0.0121. The molecule has 10 nitrogen and oxygen atoms in total. The molecule has 0 aliphatic carbocycles. The maximum absolute atomic E-state index is 14.9. The molecule has 0 atom stereocenters. The Hall–Kier alpha value is -4.88. The van der Waals surface area contributed by atoms with Crippen LogP contribution in [0.3, 0.4) is 0 Å². The van der Waals surface area contributed by atoms with Gasteiger partial charge in [0, 0.05) is 47.5 Å². The Kier molecular flexibility index (Phi) is 12.4. The monoisotopic (exact) mass is 665 g/mol. The number of amides is 3. The summed E-state index contributed by atoms with van der Waals surface area (Å²) in [6, 6.07) is 15.6. The van der Waals surface area contributed by atoms with E-state index in [-0.39, 0.29) is 41.9 Å². The molecule has 0 unspecified atom stereocenters. The number of benzene rings is 2. The topological polar surface area (TPSA) is 113 Å². The van der Waals surface area contributed by atoms with Gasteiger partial charge in [-0.2, -0.15) is 0 Å². The number of esters is 1. The number of hydrogen-bond donors (Lipinski definition) is 2. The maximum Gasteiger partial charge on any atom is 0.415 e. The number of hydrogen-bond acceptors (Lipinski definition) is 8. The summed E-state index contributed by atoms with van der Waals surface area (Å²) in [5.74, 6) is -2.40. The number of nitrogens with one attached hydrogen (secondary N) is 2. The summed E-state index contributed by atoms with van der Waals surface area (Å²) in [6.45, 7) is 5.70. The SMILES string of the molecule is CCNC(=O)Nc1ccc(-c2sc(N(Cc3c(F)cccc3F)C(=O)OCC)c(C(=O)OCC)c2CN(C)Cc2ccccn2)cc1. The number of aromatic nitrogens is 1. The van der Waals surface area contributed by atoms with Crippen molar-refractivity contribution in [2.75, 3.05) is 37.0 Å². The van der Waals surface area contributed by atoms with Gasteiger partial charge < -0.3 is 20.1 Å². The molecule has 2 heterocycles. The number of pyridine rings is 1. The number of thiophene rings is 1. The molecule has 0 bridgehead atoms. The van der Waals surface area contributed by atoms with Crippen LogP contribution in [0.1, 0.15) is 48.0 Å². The zero-order valence-corrected chi connectivity index (χ0v) is 27.5. The molecule has 47 heavy (non-hydrogen) atoms. The molecule has 4 rings (SSSR count). The molecule has 0 radical (unpaired) electrons. The molecule has 13 heteroatoms. The van der Waals surface area contributed by atoms with Gasteiger partial charge in [-0.1, -0.05) is 24.3 Å². The molecule has 248 valence electrons. The molecular weight excluding hydrogens is 628 g/mol. The van der Waals surface area contributed by atoms with Gasteiger partial charge in [-0.05, 0) is 69.8 Å². The molecule has 2 aromatic heterocycles. The summed E-state index contributed by atoms with van der Waals surface area (Å²) in [5, 5.41) is 5.55. The highest BCUT2D eigenvalue weighted by Crippen LogP contribution is 2.44. The molecule has 0 saturated heterocycles. The Balaban J connectivity index is 1.89. The van der Waals surface area contributed by atoms with Crippen molar-refractivity contribution in [1.82, 2.24) is 15.2 Å². The maximum atomic E-state index is 14.9. The van der Waals surface area contributed by atoms with Crippen LogP contribution in [0, 0.1) is 11.6 Å². The smallest absolute Gasteiger partial charge is 0.415 e. The van der Waals surface area contributed by atoms with Crippen molar-refractivity contribution in [2.45, 2.75) is 40.4 Å². The van der Waals surface area contributed by atoms with E-state index in [1.54, 1.807) is 44.3 Å². The molecule has 0 spiro atoms. The third-order valence-electron chi connectivity index (χ3n) is 6.91. The lowest BCUT2D eigenvalue weighted by molar-refractivity contribution is 0.0525. The van der Waals surface area contributed by atoms with Crippen LogP contribution in [0.5, 0.6) is 0 Å². The van der Waals surface area contributed by atoms with E-state index in [2.05, 4.69) is 15.6 Å². The average molecular weight is 666 g/mol. The Labute approximate surface area is 276 Å². The summed E-state index contributed by atoms with van der Waals surface area (Å²) < 4.78 is 40.6. The molecule has 0 fully saturated rings. The van der Waals surface area contributed by atoms with Crippen LogP contribution >= 0.6 is 11.3 Å². The molecule has 2 aromatic carbocycles. The summed E-state index contributed by atoms with van der Waals surface area (Å²) in [6.07, 6.45) is 0.805. The van der Waals surface area contributed by atoms with Crippen LogP contribution in [-0.2, 0) is 29.1 Å². The van der Waals surface area contributed by atoms with Crippen molar-refractivity contribution in [2.24, 2.45) is 0 Å². The highest BCUT2D eigenvalue weighted by Gasteiger charge is 2.33. The van der Waals surface area contributed by atoms with Gasteiger partial charge in [-0.25, -0.2) is 23.2 Å². The van der Waals surface area contributed by atoms with Gasteiger partial charge >= 0.3 is 18.1 Å². The van der Waals surface area contributed by atoms with E-state index in [1.807, 2.05) is 37.1 Å². The minimum atomic E-state index is -0.886. The first-order valence-corrected chi connectivity index (χ1v) is 15.9. The zero-order valence-electron chi connectivity index (χ0n) is 26.6. The fourth-order valence-corrected chi connectivity index (χ4v) is 6.13. The number of anilines is 2. The summed E-state index contributed by atoms with van der Waals surface area (Å²) in [4.78, 5) is 47.3. The normalized spacial score (nSPS) is 10.9. The zero-order chi connectivity index (χ0) is 33.9. The standard InChI is InChI=1S/C34H37F2N5O5S/c1-5-37-33(43)39-23-16-14-22(15-17-23)30-26(20-40(4)19-24-11-8-9-18-38-24)29(32(42)45-6-2)31(47-30)41(34(44)46-7-3)21-25-27(35)12-10-13-28(25)36/h8-18H,5-7,19-21H2,1-4H3,(H2,37,39,43). The predicted octanol–water partition coefficient (Wildman–Crippen LogP) is 7.20. The van der Waals surface area contributed by atoms with E-state index < -0.39 is 30.2 Å². The summed E-state index contributed by atoms with van der Waals surface area (Å²) >= 11 is 1.10. The number of rotatable bonds is 13. The number of ether oxygens (including phenoxy) is 2. The van der Waals surface area contributed by atoms with Crippen LogP contribution in [0.15, 0.2) is 66.9 Å². The van der Waals surface area contributed by atoms with Gasteiger partial charge in [-0.3, -0.25) is 14.8 Å². The highest BCUT2D eigenvalue weighted by atomic mass is 32.1. The lowest BCUT2D eigenvalue weighted by Gasteiger charge is -2.23. The molecular formula is C34H37F2N5O5S. The van der Waals surface area contributed by atoms with Crippen molar-refractivity contribution in [1.29, 1.82) is 0 Å². The van der Waals surface area contributed by atoms with Crippen molar-refractivity contribution in [3.05, 3.63) is 101 Å². The third kappa shape index (κ3) is 8.89. The summed E-state index contributed by atoms with van der Waals surface area (Å²) in [7, 11) is 1.86. The van der Waals surface area contributed by atoms with Crippen LogP contribution in [-0.4, -0.2) is 54.8 Å². The van der Waals surface area contributed by atoms with Gasteiger partial charge in [0.25, 0.3) is 0 Å². The Morgan fingerprint density at radius 3 is 2.17 bits per heavy atom. The van der Waals surface area contributed by atoms with E-state index in [1.165, 1.54) is 6.07 Å².